The molecule has 5 nitrogen and oxygen atoms in total. The minimum absolute atomic E-state index is 0.0558. The molecule has 1 amide bonds. The summed E-state index contributed by atoms with van der Waals surface area (Å²) in [4.78, 5) is 13.2. The van der Waals surface area contributed by atoms with Crippen molar-refractivity contribution >= 4 is 57.3 Å². The van der Waals surface area contributed by atoms with Crippen molar-refractivity contribution in [3.8, 4) is 10.7 Å². The molecule has 3 aromatic rings. The highest BCUT2D eigenvalue weighted by Gasteiger charge is 2.13. The summed E-state index contributed by atoms with van der Waals surface area (Å²) in [5.74, 6) is 1.06. The monoisotopic (exact) mass is 456 g/mol. The lowest BCUT2D eigenvalue weighted by molar-refractivity contribution is -0.113. The molecule has 23 heavy (non-hydrogen) atoms. The smallest absolute Gasteiger partial charge is 0.234 e. The Morgan fingerprint density at radius 3 is 2.87 bits per heavy atom. The third-order valence-corrected chi connectivity index (χ3v) is 5.88. The maximum absolute atomic E-state index is 12.1. The van der Waals surface area contributed by atoms with E-state index in [9.17, 15) is 4.79 Å². The van der Waals surface area contributed by atoms with Gasteiger partial charge >= 0.3 is 0 Å². The van der Waals surface area contributed by atoms with Crippen molar-refractivity contribution in [2.24, 2.45) is 7.05 Å². The number of benzene rings is 1. The van der Waals surface area contributed by atoms with Crippen LogP contribution in [0, 0.1) is 3.57 Å². The van der Waals surface area contributed by atoms with Gasteiger partial charge in [-0.15, -0.1) is 21.5 Å². The second-order valence-electron chi connectivity index (χ2n) is 4.66. The van der Waals surface area contributed by atoms with Gasteiger partial charge in [0.2, 0.25) is 5.91 Å². The van der Waals surface area contributed by atoms with E-state index in [-0.39, 0.29) is 5.91 Å². The molecule has 1 N–H and O–H groups in total. The quantitative estimate of drug-likeness (QED) is 0.468. The van der Waals surface area contributed by atoms with Gasteiger partial charge < -0.3 is 9.88 Å². The Hall–Kier alpha value is -1.39. The predicted molar refractivity (Wildman–Crippen MR) is 103 cm³/mol. The van der Waals surface area contributed by atoms with Gasteiger partial charge in [0.15, 0.2) is 11.0 Å². The van der Waals surface area contributed by atoms with Gasteiger partial charge in [0.25, 0.3) is 0 Å². The van der Waals surface area contributed by atoms with Crippen molar-refractivity contribution in [2.45, 2.75) is 5.16 Å². The molecular formula is C15H13IN4OS2. The molecule has 0 saturated heterocycles. The van der Waals surface area contributed by atoms with Crippen LogP contribution in [-0.2, 0) is 11.8 Å². The topological polar surface area (TPSA) is 59.8 Å². The van der Waals surface area contributed by atoms with Crippen LogP contribution in [0.1, 0.15) is 0 Å². The molecule has 118 valence electrons. The Morgan fingerprint density at radius 1 is 1.30 bits per heavy atom. The fraction of sp³-hybridized carbons (Fsp3) is 0.133. The predicted octanol–water partition coefficient (Wildman–Crippen LogP) is 3.88. The Bertz CT molecular complexity index is 817. The molecule has 1 aromatic carbocycles. The van der Waals surface area contributed by atoms with Crippen molar-refractivity contribution in [3.05, 3.63) is 45.3 Å². The molecule has 2 aromatic heterocycles. The summed E-state index contributed by atoms with van der Waals surface area (Å²) in [6.07, 6.45) is 0. The van der Waals surface area contributed by atoms with Crippen LogP contribution in [-0.4, -0.2) is 26.4 Å². The second kappa shape index (κ2) is 7.45. The molecule has 0 aliphatic heterocycles. The van der Waals surface area contributed by atoms with Gasteiger partial charge in [0, 0.05) is 10.6 Å². The lowest BCUT2D eigenvalue weighted by atomic mass is 10.3. The van der Waals surface area contributed by atoms with Gasteiger partial charge in [-0.1, -0.05) is 30.0 Å². The molecule has 0 bridgehead atoms. The van der Waals surface area contributed by atoms with Crippen molar-refractivity contribution < 1.29 is 4.79 Å². The summed E-state index contributed by atoms with van der Waals surface area (Å²) in [5, 5.41) is 14.0. The van der Waals surface area contributed by atoms with Crippen LogP contribution in [0.2, 0.25) is 0 Å². The zero-order valence-corrected chi connectivity index (χ0v) is 16.0. The van der Waals surface area contributed by atoms with E-state index in [2.05, 4.69) is 38.1 Å². The molecule has 0 aliphatic carbocycles. The fourth-order valence-electron chi connectivity index (χ4n) is 1.94. The van der Waals surface area contributed by atoms with Crippen molar-refractivity contribution in [3.63, 3.8) is 0 Å². The number of thiophene rings is 1. The average molecular weight is 456 g/mol. The lowest BCUT2D eigenvalue weighted by Gasteiger charge is -2.07. The molecule has 0 saturated carbocycles. The molecule has 0 aliphatic rings. The number of aromatic nitrogens is 3. The molecule has 0 fully saturated rings. The summed E-state index contributed by atoms with van der Waals surface area (Å²) in [6.45, 7) is 0. The Labute approximate surface area is 155 Å². The maximum Gasteiger partial charge on any atom is 0.234 e. The average Bonchev–Trinajstić information content (AvgIpc) is 3.17. The first kappa shape index (κ1) is 16.5. The number of nitrogens with zero attached hydrogens (tertiary/aromatic N) is 3. The van der Waals surface area contributed by atoms with E-state index < -0.39 is 0 Å². The summed E-state index contributed by atoms with van der Waals surface area (Å²) in [6, 6.07) is 11.7. The summed E-state index contributed by atoms with van der Waals surface area (Å²) in [5.41, 5.74) is 0.830. The van der Waals surface area contributed by atoms with E-state index in [1.165, 1.54) is 11.8 Å². The number of halogens is 1. The van der Waals surface area contributed by atoms with E-state index in [1.54, 1.807) is 11.3 Å². The lowest BCUT2D eigenvalue weighted by Crippen LogP contribution is -2.15. The molecule has 2 heterocycles. The van der Waals surface area contributed by atoms with E-state index >= 15 is 0 Å². The molecule has 0 spiro atoms. The normalized spacial score (nSPS) is 10.7. The van der Waals surface area contributed by atoms with Gasteiger partial charge in [-0.3, -0.25) is 4.79 Å². The summed E-state index contributed by atoms with van der Waals surface area (Å²) < 4.78 is 2.93. The third-order valence-electron chi connectivity index (χ3n) is 3.06. The van der Waals surface area contributed by atoms with Crippen LogP contribution < -0.4 is 5.32 Å². The third kappa shape index (κ3) is 3.93. The molecule has 0 unspecified atom stereocenters. The molecular weight excluding hydrogens is 443 g/mol. The highest BCUT2D eigenvalue weighted by Crippen LogP contribution is 2.26. The van der Waals surface area contributed by atoms with Crippen LogP contribution in [0.5, 0.6) is 0 Å². The zero-order chi connectivity index (χ0) is 16.2. The second-order valence-corrected chi connectivity index (χ2v) is 7.71. The SMILES string of the molecule is Cn1c(SCC(=O)Nc2ccccc2I)nnc1-c1cccs1. The highest BCUT2D eigenvalue weighted by molar-refractivity contribution is 14.1. The number of amides is 1. The Kier molecular flexibility index (Phi) is 5.34. The molecule has 3 rings (SSSR count). The number of carbonyl (C=O) groups excluding carboxylic acids is 1. The van der Waals surface area contributed by atoms with Gasteiger partial charge in [-0.25, -0.2) is 0 Å². The summed E-state index contributed by atoms with van der Waals surface area (Å²) >= 11 is 5.20. The molecule has 0 radical (unpaired) electrons. The summed E-state index contributed by atoms with van der Waals surface area (Å²) in [7, 11) is 1.91. The van der Waals surface area contributed by atoms with Crippen molar-refractivity contribution in [1.29, 1.82) is 0 Å². The zero-order valence-electron chi connectivity index (χ0n) is 12.2. The van der Waals surface area contributed by atoms with E-state index in [1.807, 2.05) is 53.4 Å². The number of hydrogen-bond acceptors (Lipinski definition) is 5. The van der Waals surface area contributed by atoms with Crippen LogP contribution in [0.25, 0.3) is 10.7 Å². The van der Waals surface area contributed by atoms with Gasteiger partial charge in [0.05, 0.1) is 16.3 Å². The van der Waals surface area contributed by atoms with Crippen LogP contribution >= 0.6 is 45.7 Å². The van der Waals surface area contributed by atoms with Crippen LogP contribution in [0.4, 0.5) is 5.69 Å². The standard InChI is InChI=1S/C15H13IN4OS2/c1-20-14(12-7-4-8-22-12)18-19-15(20)23-9-13(21)17-11-6-3-2-5-10(11)16/h2-8H,9H2,1H3,(H,17,21). The van der Waals surface area contributed by atoms with Gasteiger partial charge in [0.1, 0.15) is 0 Å². The molecule has 8 heteroatoms. The number of nitrogens with one attached hydrogen (secondary N) is 1. The minimum atomic E-state index is -0.0558. The first-order valence-electron chi connectivity index (χ1n) is 6.75. The van der Waals surface area contributed by atoms with Gasteiger partial charge in [-0.2, -0.15) is 0 Å². The van der Waals surface area contributed by atoms with E-state index in [0.29, 0.717) is 5.75 Å². The van der Waals surface area contributed by atoms with Crippen molar-refractivity contribution in [2.75, 3.05) is 11.1 Å². The van der Waals surface area contributed by atoms with Crippen LogP contribution in [0.3, 0.4) is 0 Å². The Balaban J connectivity index is 1.63. The van der Waals surface area contributed by atoms with Crippen LogP contribution in [0.15, 0.2) is 46.9 Å². The number of carbonyl (C=O) groups is 1. The number of rotatable bonds is 5. The van der Waals surface area contributed by atoms with E-state index in [4.69, 9.17) is 0 Å². The highest BCUT2D eigenvalue weighted by atomic mass is 127. The number of thioether (sulfide) groups is 1. The number of para-hydroxylation sites is 1. The first-order chi connectivity index (χ1) is 11.1. The first-order valence-corrected chi connectivity index (χ1v) is 9.70. The van der Waals surface area contributed by atoms with Crippen molar-refractivity contribution in [1.82, 2.24) is 14.8 Å². The molecule has 0 atom stereocenters. The fourth-order valence-corrected chi connectivity index (χ4v) is 3.92. The largest absolute Gasteiger partial charge is 0.324 e. The maximum atomic E-state index is 12.1. The minimum Gasteiger partial charge on any atom is -0.324 e. The number of hydrogen-bond donors (Lipinski definition) is 1. The van der Waals surface area contributed by atoms with E-state index in [0.717, 1.165) is 25.1 Å². The number of anilines is 1. The Morgan fingerprint density at radius 2 is 2.13 bits per heavy atom. The van der Waals surface area contributed by atoms with Gasteiger partial charge in [-0.05, 0) is 46.2 Å².